The Kier molecular flexibility index (Phi) is 7.02. The molecule has 0 aliphatic carbocycles. The van der Waals surface area contributed by atoms with Crippen molar-refractivity contribution in [3.8, 4) is 22.9 Å². The first-order valence-corrected chi connectivity index (χ1v) is 12.4. The van der Waals surface area contributed by atoms with Crippen LogP contribution in [-0.4, -0.2) is 58.4 Å². The number of nitrogens with one attached hydrogen (secondary N) is 1. The van der Waals surface area contributed by atoms with Crippen molar-refractivity contribution in [1.29, 1.82) is 0 Å². The van der Waals surface area contributed by atoms with E-state index in [1.807, 2.05) is 24.3 Å². The van der Waals surface area contributed by atoms with Crippen LogP contribution in [0.5, 0.6) is 11.5 Å². The molecule has 2 aromatic carbocycles. The van der Waals surface area contributed by atoms with Crippen LogP contribution in [-0.2, 0) is 0 Å². The molecule has 9 nitrogen and oxygen atoms in total. The molecule has 0 unspecified atom stereocenters. The average molecular weight is 498 g/mol. The van der Waals surface area contributed by atoms with Gasteiger partial charge in [-0.2, -0.15) is 4.52 Å². The van der Waals surface area contributed by atoms with Crippen molar-refractivity contribution in [2.24, 2.45) is 0 Å². The van der Waals surface area contributed by atoms with E-state index >= 15 is 0 Å². The molecule has 0 amide bonds. The molecule has 0 atom stereocenters. The Morgan fingerprint density at radius 1 is 1.00 bits per heavy atom. The first-order valence-electron chi connectivity index (χ1n) is 12.4. The highest BCUT2D eigenvalue weighted by molar-refractivity contribution is 5.95. The minimum absolute atomic E-state index is 0.580. The predicted molar refractivity (Wildman–Crippen MR) is 147 cm³/mol. The van der Waals surface area contributed by atoms with Crippen LogP contribution in [0.3, 0.4) is 0 Å². The molecular formula is C28H31N7O2. The average Bonchev–Trinajstić information content (AvgIpc) is 3.39. The second-order valence-corrected chi connectivity index (χ2v) is 8.77. The number of methoxy groups -OCH3 is 2. The van der Waals surface area contributed by atoms with Crippen LogP contribution in [0.2, 0.25) is 0 Å². The molecule has 5 aromatic rings. The predicted octanol–water partition coefficient (Wildman–Crippen LogP) is 4.99. The largest absolute Gasteiger partial charge is 0.493 e. The SMILES string of the molecule is CCN(CCCNc1nc2cc(OC)c(OC)cc2c2nc(-c3cccnc3)nn12)c1cccc(C)c1. The van der Waals surface area contributed by atoms with Gasteiger partial charge in [-0.15, -0.1) is 5.10 Å². The van der Waals surface area contributed by atoms with Gasteiger partial charge in [0.15, 0.2) is 23.0 Å². The maximum atomic E-state index is 5.53. The lowest BCUT2D eigenvalue weighted by Crippen LogP contribution is -2.25. The molecule has 0 aliphatic rings. The molecule has 3 heterocycles. The Hall–Kier alpha value is -4.40. The van der Waals surface area contributed by atoms with Gasteiger partial charge in [0.2, 0.25) is 5.95 Å². The van der Waals surface area contributed by atoms with Gasteiger partial charge in [0.1, 0.15) is 0 Å². The van der Waals surface area contributed by atoms with Crippen molar-refractivity contribution in [3.63, 3.8) is 0 Å². The first-order chi connectivity index (χ1) is 18.1. The van der Waals surface area contributed by atoms with Crippen molar-refractivity contribution in [2.45, 2.75) is 20.3 Å². The third-order valence-electron chi connectivity index (χ3n) is 6.33. The smallest absolute Gasteiger partial charge is 0.226 e. The van der Waals surface area contributed by atoms with E-state index in [0.717, 1.165) is 42.5 Å². The summed E-state index contributed by atoms with van der Waals surface area (Å²) in [5.74, 6) is 2.43. The van der Waals surface area contributed by atoms with Crippen LogP contribution in [0.1, 0.15) is 18.9 Å². The van der Waals surface area contributed by atoms with E-state index < -0.39 is 0 Å². The van der Waals surface area contributed by atoms with Crippen molar-refractivity contribution >= 4 is 28.2 Å². The Morgan fingerprint density at radius 3 is 2.57 bits per heavy atom. The van der Waals surface area contributed by atoms with Crippen LogP contribution in [0.4, 0.5) is 11.6 Å². The summed E-state index contributed by atoms with van der Waals surface area (Å²) in [6, 6.07) is 16.2. The standard InChI is InChI=1S/C28H31N7O2/c1-5-34(21-11-6-9-19(2)15-21)14-8-13-30-28-31-23-17-25(37-4)24(36-3)16-22(23)27-32-26(33-35(27)28)20-10-7-12-29-18-20/h6-7,9-12,15-18H,5,8,13-14H2,1-4H3,(H,30,31). The van der Waals surface area contributed by atoms with Crippen molar-refractivity contribution < 1.29 is 9.47 Å². The summed E-state index contributed by atoms with van der Waals surface area (Å²) in [5, 5.41) is 9.09. The van der Waals surface area contributed by atoms with E-state index in [4.69, 9.17) is 24.5 Å². The molecule has 0 spiro atoms. The van der Waals surface area contributed by atoms with Crippen molar-refractivity contribution in [1.82, 2.24) is 24.6 Å². The fourth-order valence-corrected chi connectivity index (χ4v) is 4.43. The number of anilines is 2. The second kappa shape index (κ2) is 10.7. The third-order valence-corrected chi connectivity index (χ3v) is 6.33. The van der Waals surface area contributed by atoms with E-state index in [9.17, 15) is 0 Å². The molecule has 190 valence electrons. The van der Waals surface area contributed by atoms with Crippen LogP contribution < -0.4 is 19.7 Å². The Balaban J connectivity index is 1.46. The Labute approximate surface area is 216 Å². The van der Waals surface area contributed by atoms with Crippen LogP contribution in [0.25, 0.3) is 27.9 Å². The zero-order chi connectivity index (χ0) is 25.8. The number of hydrogen-bond acceptors (Lipinski definition) is 8. The van der Waals surface area contributed by atoms with Gasteiger partial charge < -0.3 is 19.7 Å². The molecule has 1 N–H and O–H groups in total. The quantitative estimate of drug-likeness (QED) is 0.270. The summed E-state index contributed by atoms with van der Waals surface area (Å²) in [5.41, 5.74) is 4.77. The highest BCUT2D eigenvalue weighted by atomic mass is 16.5. The molecule has 0 aliphatic heterocycles. The van der Waals surface area contributed by atoms with E-state index in [1.165, 1.54) is 11.3 Å². The number of rotatable bonds is 10. The van der Waals surface area contributed by atoms with E-state index in [0.29, 0.717) is 28.9 Å². The number of pyridine rings is 1. The van der Waals surface area contributed by atoms with Gasteiger partial charge >= 0.3 is 0 Å². The number of ether oxygens (including phenoxy) is 2. The summed E-state index contributed by atoms with van der Waals surface area (Å²) >= 11 is 0. The van der Waals surface area contributed by atoms with Crippen LogP contribution >= 0.6 is 0 Å². The number of hydrogen-bond donors (Lipinski definition) is 1. The number of nitrogens with zero attached hydrogens (tertiary/aromatic N) is 6. The lowest BCUT2D eigenvalue weighted by molar-refractivity contribution is 0.356. The second-order valence-electron chi connectivity index (χ2n) is 8.77. The van der Waals surface area contributed by atoms with Gasteiger partial charge in [-0.1, -0.05) is 12.1 Å². The molecule has 3 aromatic heterocycles. The van der Waals surface area contributed by atoms with Crippen LogP contribution in [0, 0.1) is 6.92 Å². The number of fused-ring (bicyclic) bond motifs is 3. The van der Waals surface area contributed by atoms with E-state index in [2.05, 4.69) is 53.3 Å². The summed E-state index contributed by atoms with van der Waals surface area (Å²) in [4.78, 5) is 16.3. The Morgan fingerprint density at radius 2 is 1.84 bits per heavy atom. The summed E-state index contributed by atoms with van der Waals surface area (Å²) in [6.45, 7) is 6.90. The lowest BCUT2D eigenvalue weighted by atomic mass is 10.2. The van der Waals surface area contributed by atoms with E-state index in [-0.39, 0.29) is 0 Å². The molecule has 0 bridgehead atoms. The monoisotopic (exact) mass is 497 g/mol. The normalized spacial score (nSPS) is 11.1. The molecule has 37 heavy (non-hydrogen) atoms. The highest BCUT2D eigenvalue weighted by Crippen LogP contribution is 2.34. The van der Waals surface area contributed by atoms with E-state index in [1.54, 1.807) is 31.1 Å². The number of aromatic nitrogens is 5. The summed E-state index contributed by atoms with van der Waals surface area (Å²) in [6.07, 6.45) is 4.42. The first kappa shape index (κ1) is 24.3. The van der Waals surface area contributed by atoms with Gasteiger partial charge in [-0.05, 0) is 56.2 Å². The zero-order valence-corrected chi connectivity index (χ0v) is 21.6. The van der Waals surface area contributed by atoms with Gasteiger partial charge in [-0.3, -0.25) is 4.98 Å². The third kappa shape index (κ3) is 4.97. The maximum absolute atomic E-state index is 5.53. The Bertz CT molecular complexity index is 1520. The fourth-order valence-electron chi connectivity index (χ4n) is 4.43. The van der Waals surface area contributed by atoms with Crippen molar-refractivity contribution in [2.75, 3.05) is 44.1 Å². The summed E-state index contributed by atoms with van der Waals surface area (Å²) in [7, 11) is 3.23. The molecule has 5 rings (SSSR count). The zero-order valence-electron chi connectivity index (χ0n) is 21.6. The summed E-state index contributed by atoms with van der Waals surface area (Å²) < 4.78 is 12.8. The van der Waals surface area contributed by atoms with Gasteiger partial charge in [-0.25, -0.2) is 9.97 Å². The minimum atomic E-state index is 0.580. The molecule has 0 saturated heterocycles. The van der Waals surface area contributed by atoms with Crippen molar-refractivity contribution in [3.05, 3.63) is 66.5 Å². The maximum Gasteiger partial charge on any atom is 0.226 e. The highest BCUT2D eigenvalue weighted by Gasteiger charge is 2.17. The molecule has 0 saturated carbocycles. The molecule has 0 fully saturated rings. The molecular weight excluding hydrogens is 466 g/mol. The van der Waals surface area contributed by atoms with Gasteiger partial charge in [0.25, 0.3) is 0 Å². The lowest BCUT2D eigenvalue weighted by Gasteiger charge is -2.23. The number of aryl methyl sites for hydroxylation is 1. The topological polar surface area (TPSA) is 89.7 Å². The fraction of sp³-hybridized carbons (Fsp3) is 0.286. The molecule has 0 radical (unpaired) electrons. The van der Waals surface area contributed by atoms with Gasteiger partial charge in [0, 0.05) is 54.7 Å². The van der Waals surface area contributed by atoms with Crippen LogP contribution in [0.15, 0.2) is 60.9 Å². The number of benzene rings is 2. The van der Waals surface area contributed by atoms with Gasteiger partial charge in [0.05, 0.1) is 19.7 Å². The molecule has 9 heteroatoms. The minimum Gasteiger partial charge on any atom is -0.493 e.